The quantitative estimate of drug-likeness (QED) is 0.856. The Labute approximate surface area is 165 Å². The van der Waals surface area contributed by atoms with Crippen LogP contribution in [0.3, 0.4) is 0 Å². The SMILES string of the molecule is CN(Cc1cccc(NC(=O)C2CC2c2cnn(C)c2)c1)C(=O)OC(C)(C)C. The minimum absolute atomic E-state index is 0.0164. The van der Waals surface area contributed by atoms with Crippen molar-refractivity contribution in [3.8, 4) is 0 Å². The lowest BCUT2D eigenvalue weighted by molar-refractivity contribution is -0.117. The third-order valence-electron chi connectivity index (χ3n) is 4.60. The molecule has 1 aliphatic carbocycles. The average molecular weight is 384 g/mol. The van der Waals surface area contributed by atoms with E-state index in [1.165, 1.54) is 4.90 Å². The van der Waals surface area contributed by atoms with Gasteiger partial charge in [-0.3, -0.25) is 9.48 Å². The van der Waals surface area contributed by atoms with Gasteiger partial charge in [-0.1, -0.05) is 12.1 Å². The normalized spacial score (nSPS) is 18.5. The van der Waals surface area contributed by atoms with E-state index in [9.17, 15) is 9.59 Å². The van der Waals surface area contributed by atoms with Crippen LogP contribution >= 0.6 is 0 Å². The molecule has 2 aromatic rings. The van der Waals surface area contributed by atoms with Crippen molar-refractivity contribution in [2.45, 2.75) is 45.3 Å². The van der Waals surface area contributed by atoms with Gasteiger partial charge in [0, 0.05) is 38.4 Å². The van der Waals surface area contributed by atoms with Crippen molar-refractivity contribution in [1.82, 2.24) is 14.7 Å². The molecule has 3 rings (SSSR count). The number of nitrogens with zero attached hydrogens (tertiary/aromatic N) is 3. The van der Waals surface area contributed by atoms with Gasteiger partial charge in [0.05, 0.1) is 6.20 Å². The lowest BCUT2D eigenvalue weighted by Gasteiger charge is -2.24. The summed E-state index contributed by atoms with van der Waals surface area (Å²) in [7, 11) is 3.57. The third kappa shape index (κ3) is 5.12. The Morgan fingerprint density at radius 2 is 2.11 bits per heavy atom. The average Bonchev–Trinajstić information content (AvgIpc) is 3.28. The maximum atomic E-state index is 12.5. The largest absolute Gasteiger partial charge is 0.444 e. The summed E-state index contributed by atoms with van der Waals surface area (Å²) in [6.07, 6.45) is 4.26. The van der Waals surface area contributed by atoms with E-state index < -0.39 is 5.60 Å². The van der Waals surface area contributed by atoms with Crippen LogP contribution < -0.4 is 5.32 Å². The van der Waals surface area contributed by atoms with Gasteiger partial charge >= 0.3 is 6.09 Å². The minimum Gasteiger partial charge on any atom is -0.444 e. The number of benzene rings is 1. The van der Waals surface area contributed by atoms with Crippen LogP contribution in [0.1, 0.15) is 44.2 Å². The molecule has 1 N–H and O–H groups in total. The molecule has 1 aromatic heterocycles. The van der Waals surface area contributed by atoms with E-state index in [1.807, 2.05) is 64.5 Å². The van der Waals surface area contributed by atoms with Crippen molar-refractivity contribution in [3.63, 3.8) is 0 Å². The van der Waals surface area contributed by atoms with E-state index in [0.29, 0.717) is 6.54 Å². The summed E-state index contributed by atoms with van der Waals surface area (Å²) in [5.41, 5.74) is 2.23. The number of anilines is 1. The predicted molar refractivity (Wildman–Crippen MR) is 107 cm³/mol. The zero-order chi connectivity index (χ0) is 20.5. The van der Waals surface area contributed by atoms with Crippen LogP contribution in [0, 0.1) is 5.92 Å². The number of carbonyl (C=O) groups excluding carboxylic acids is 2. The Morgan fingerprint density at radius 3 is 2.75 bits per heavy atom. The van der Waals surface area contributed by atoms with Gasteiger partial charge in [-0.15, -0.1) is 0 Å². The van der Waals surface area contributed by atoms with E-state index in [4.69, 9.17) is 4.74 Å². The lowest BCUT2D eigenvalue weighted by Crippen LogP contribution is -2.33. The molecule has 0 saturated heterocycles. The molecule has 1 aliphatic rings. The van der Waals surface area contributed by atoms with Crippen LogP contribution in [0.25, 0.3) is 0 Å². The Balaban J connectivity index is 1.56. The number of aryl methyl sites for hydroxylation is 1. The number of rotatable bonds is 5. The van der Waals surface area contributed by atoms with Gasteiger partial charge in [-0.2, -0.15) is 5.10 Å². The van der Waals surface area contributed by atoms with E-state index in [2.05, 4.69) is 10.4 Å². The minimum atomic E-state index is -0.532. The topological polar surface area (TPSA) is 76.5 Å². The van der Waals surface area contributed by atoms with Crippen LogP contribution in [-0.4, -0.2) is 39.3 Å². The summed E-state index contributed by atoms with van der Waals surface area (Å²) in [4.78, 5) is 26.2. The molecule has 2 atom stereocenters. The van der Waals surface area contributed by atoms with Gasteiger partial charge in [0.15, 0.2) is 0 Å². The molecular formula is C21H28N4O3. The first-order chi connectivity index (χ1) is 13.1. The molecule has 2 amide bonds. The molecule has 0 aliphatic heterocycles. The maximum Gasteiger partial charge on any atom is 0.410 e. The highest BCUT2D eigenvalue weighted by Crippen LogP contribution is 2.47. The van der Waals surface area contributed by atoms with Gasteiger partial charge in [-0.05, 0) is 56.4 Å². The zero-order valence-electron chi connectivity index (χ0n) is 17.1. The van der Waals surface area contributed by atoms with Crippen LogP contribution in [0.5, 0.6) is 0 Å². The van der Waals surface area contributed by atoms with Crippen molar-refractivity contribution in [2.24, 2.45) is 13.0 Å². The van der Waals surface area contributed by atoms with Crippen molar-refractivity contribution in [2.75, 3.05) is 12.4 Å². The number of carbonyl (C=O) groups is 2. The fourth-order valence-electron chi connectivity index (χ4n) is 3.15. The number of amides is 2. The number of ether oxygens (including phenoxy) is 1. The number of aromatic nitrogens is 2. The van der Waals surface area contributed by atoms with E-state index >= 15 is 0 Å². The molecule has 0 radical (unpaired) electrons. The molecule has 1 fully saturated rings. The number of hydrogen-bond acceptors (Lipinski definition) is 4. The smallest absolute Gasteiger partial charge is 0.410 e. The molecule has 0 spiro atoms. The monoisotopic (exact) mass is 384 g/mol. The Morgan fingerprint density at radius 1 is 1.36 bits per heavy atom. The maximum absolute atomic E-state index is 12.5. The van der Waals surface area contributed by atoms with E-state index in [0.717, 1.165) is 23.2 Å². The van der Waals surface area contributed by atoms with Crippen LogP contribution in [-0.2, 0) is 23.1 Å². The summed E-state index contributed by atoms with van der Waals surface area (Å²) in [5, 5.41) is 7.16. The summed E-state index contributed by atoms with van der Waals surface area (Å²) >= 11 is 0. The molecular weight excluding hydrogens is 356 g/mol. The standard InChI is InChI=1S/C21H28N4O3/c1-21(2,3)28-20(27)24(4)12-14-7-6-8-16(9-14)23-19(26)18-10-17(18)15-11-22-25(5)13-15/h6-9,11,13,17-18H,10,12H2,1-5H3,(H,23,26). The van der Waals surface area contributed by atoms with Crippen molar-refractivity contribution in [3.05, 3.63) is 47.8 Å². The molecule has 1 aromatic carbocycles. The first-order valence-corrected chi connectivity index (χ1v) is 9.45. The van der Waals surface area contributed by atoms with Gasteiger partial charge in [0.1, 0.15) is 5.60 Å². The summed E-state index contributed by atoms with van der Waals surface area (Å²) in [5.74, 6) is 0.249. The molecule has 0 bridgehead atoms. The van der Waals surface area contributed by atoms with Crippen molar-refractivity contribution < 1.29 is 14.3 Å². The van der Waals surface area contributed by atoms with Crippen molar-refractivity contribution >= 4 is 17.7 Å². The molecule has 150 valence electrons. The molecule has 2 unspecified atom stereocenters. The van der Waals surface area contributed by atoms with Crippen LogP contribution in [0.4, 0.5) is 10.5 Å². The molecule has 7 nitrogen and oxygen atoms in total. The van der Waals surface area contributed by atoms with E-state index in [1.54, 1.807) is 11.7 Å². The van der Waals surface area contributed by atoms with E-state index in [-0.39, 0.29) is 23.8 Å². The fourth-order valence-corrected chi connectivity index (χ4v) is 3.15. The van der Waals surface area contributed by atoms with Crippen molar-refractivity contribution in [1.29, 1.82) is 0 Å². The van der Waals surface area contributed by atoms with Crippen LogP contribution in [0.15, 0.2) is 36.7 Å². The molecule has 1 heterocycles. The Kier molecular flexibility index (Phi) is 5.45. The first-order valence-electron chi connectivity index (χ1n) is 9.45. The summed E-state index contributed by atoms with van der Waals surface area (Å²) in [6, 6.07) is 7.54. The van der Waals surface area contributed by atoms with Gasteiger partial charge in [-0.25, -0.2) is 4.79 Å². The first kappa shape index (κ1) is 19.9. The fraction of sp³-hybridized carbons (Fsp3) is 0.476. The second-order valence-electron chi connectivity index (χ2n) is 8.42. The number of nitrogens with one attached hydrogen (secondary N) is 1. The Bertz CT molecular complexity index is 869. The van der Waals surface area contributed by atoms with Gasteiger partial charge < -0.3 is 15.0 Å². The highest BCUT2D eigenvalue weighted by molar-refractivity contribution is 5.95. The lowest BCUT2D eigenvalue weighted by atomic mass is 10.1. The summed E-state index contributed by atoms with van der Waals surface area (Å²) in [6.45, 7) is 5.92. The zero-order valence-corrected chi connectivity index (χ0v) is 17.1. The third-order valence-corrected chi connectivity index (χ3v) is 4.60. The predicted octanol–water partition coefficient (Wildman–Crippen LogP) is 3.53. The van der Waals surface area contributed by atoms with Crippen LogP contribution in [0.2, 0.25) is 0 Å². The Hall–Kier alpha value is -2.83. The second kappa shape index (κ2) is 7.66. The summed E-state index contributed by atoms with van der Waals surface area (Å²) < 4.78 is 7.13. The number of hydrogen-bond donors (Lipinski definition) is 1. The van der Waals surface area contributed by atoms with Gasteiger partial charge in [0.2, 0.25) is 5.91 Å². The second-order valence-corrected chi connectivity index (χ2v) is 8.42. The molecule has 28 heavy (non-hydrogen) atoms. The highest BCUT2D eigenvalue weighted by Gasteiger charge is 2.44. The molecule has 7 heteroatoms. The molecule has 1 saturated carbocycles. The van der Waals surface area contributed by atoms with Gasteiger partial charge in [0.25, 0.3) is 0 Å². The highest BCUT2D eigenvalue weighted by atomic mass is 16.6.